The minimum atomic E-state index is 0.436. The van der Waals surface area contributed by atoms with Gasteiger partial charge in [0.2, 0.25) is 0 Å². The molecule has 3 nitrogen and oxygen atoms in total. The quantitative estimate of drug-likeness (QED) is 0.751. The summed E-state index contributed by atoms with van der Waals surface area (Å²) in [4.78, 5) is 4.39. The molecule has 3 rings (SSSR count). The smallest absolute Gasteiger partial charge is 0.101 e. The van der Waals surface area contributed by atoms with Crippen LogP contribution < -0.4 is 5.32 Å². The molecule has 20 heavy (non-hydrogen) atoms. The third kappa shape index (κ3) is 2.29. The van der Waals surface area contributed by atoms with E-state index in [4.69, 9.17) is 16.9 Å². The van der Waals surface area contributed by atoms with Crippen molar-refractivity contribution in [2.24, 2.45) is 0 Å². The van der Waals surface area contributed by atoms with E-state index in [1.807, 2.05) is 42.5 Å². The minimum absolute atomic E-state index is 0.436. The Labute approximate surface area is 121 Å². The highest BCUT2D eigenvalue weighted by Gasteiger charge is 2.04. The summed E-state index contributed by atoms with van der Waals surface area (Å²) in [6, 6.07) is 17.2. The van der Waals surface area contributed by atoms with Gasteiger partial charge < -0.3 is 5.32 Å². The molecule has 96 valence electrons. The van der Waals surface area contributed by atoms with Crippen molar-refractivity contribution in [2.75, 3.05) is 5.32 Å². The van der Waals surface area contributed by atoms with Gasteiger partial charge in [0.1, 0.15) is 6.07 Å². The Morgan fingerprint density at radius 3 is 2.75 bits per heavy atom. The number of benzene rings is 2. The van der Waals surface area contributed by atoms with Crippen LogP contribution in [0.4, 0.5) is 11.4 Å². The maximum Gasteiger partial charge on any atom is 0.101 e. The van der Waals surface area contributed by atoms with Crippen LogP contribution >= 0.6 is 11.6 Å². The lowest BCUT2D eigenvalue weighted by Crippen LogP contribution is -1.93. The van der Waals surface area contributed by atoms with E-state index in [1.165, 1.54) is 0 Å². The van der Waals surface area contributed by atoms with Gasteiger partial charge >= 0.3 is 0 Å². The molecule has 0 fully saturated rings. The van der Waals surface area contributed by atoms with E-state index in [0.29, 0.717) is 10.6 Å². The number of hydrogen-bond donors (Lipinski definition) is 1. The number of halogens is 1. The van der Waals surface area contributed by atoms with Crippen LogP contribution in [-0.4, -0.2) is 4.98 Å². The van der Waals surface area contributed by atoms with E-state index < -0.39 is 0 Å². The number of para-hydroxylation sites is 1. The maximum atomic E-state index is 8.88. The second kappa shape index (κ2) is 5.20. The van der Waals surface area contributed by atoms with E-state index >= 15 is 0 Å². The maximum absolute atomic E-state index is 8.88. The topological polar surface area (TPSA) is 48.7 Å². The highest BCUT2D eigenvalue weighted by atomic mass is 35.5. The van der Waals surface area contributed by atoms with Crippen LogP contribution in [0.5, 0.6) is 0 Å². The molecule has 0 bridgehead atoms. The van der Waals surface area contributed by atoms with Crippen molar-refractivity contribution >= 4 is 33.9 Å². The number of fused-ring (bicyclic) bond motifs is 1. The van der Waals surface area contributed by atoms with Gasteiger partial charge in [0.15, 0.2) is 0 Å². The van der Waals surface area contributed by atoms with E-state index in [9.17, 15) is 0 Å². The average molecular weight is 280 g/mol. The summed E-state index contributed by atoms with van der Waals surface area (Å²) in [5.74, 6) is 0. The van der Waals surface area contributed by atoms with E-state index in [0.717, 1.165) is 22.3 Å². The second-order valence-corrected chi connectivity index (χ2v) is 4.72. The molecule has 4 heteroatoms. The number of nitriles is 1. The standard InChI is InChI=1S/C16H10ClN3/c17-14-9-13(7-6-12(14)10-18)20-15-5-1-3-11-4-2-8-19-16(11)15/h1-9,20H. The SMILES string of the molecule is N#Cc1ccc(Nc2cccc3cccnc23)cc1Cl. The number of rotatable bonds is 2. The number of nitrogens with zero attached hydrogens (tertiary/aromatic N) is 2. The molecule has 0 amide bonds. The van der Waals surface area contributed by atoms with Crippen LogP contribution in [0.2, 0.25) is 5.02 Å². The summed E-state index contributed by atoms with van der Waals surface area (Å²) < 4.78 is 0. The molecular formula is C16H10ClN3. The zero-order valence-electron chi connectivity index (χ0n) is 10.5. The fraction of sp³-hybridized carbons (Fsp3) is 0. The minimum Gasteiger partial charge on any atom is -0.354 e. The van der Waals surface area contributed by atoms with Gasteiger partial charge in [0.05, 0.1) is 21.8 Å². The van der Waals surface area contributed by atoms with Gasteiger partial charge in [0, 0.05) is 17.3 Å². The van der Waals surface area contributed by atoms with Crippen molar-refractivity contribution in [3.05, 3.63) is 65.3 Å². The first-order valence-corrected chi connectivity index (χ1v) is 6.46. The first kappa shape index (κ1) is 12.5. The lowest BCUT2D eigenvalue weighted by atomic mass is 10.1. The highest BCUT2D eigenvalue weighted by molar-refractivity contribution is 6.32. The zero-order valence-corrected chi connectivity index (χ0v) is 11.2. The van der Waals surface area contributed by atoms with Gasteiger partial charge in [0.25, 0.3) is 0 Å². The third-order valence-corrected chi connectivity index (χ3v) is 3.31. The fourth-order valence-corrected chi connectivity index (χ4v) is 2.27. The van der Waals surface area contributed by atoms with Gasteiger partial charge in [-0.15, -0.1) is 0 Å². The summed E-state index contributed by atoms with van der Waals surface area (Å²) >= 11 is 6.04. The molecule has 1 aromatic heterocycles. The Kier molecular flexibility index (Phi) is 3.24. The van der Waals surface area contributed by atoms with Gasteiger partial charge in [-0.1, -0.05) is 29.8 Å². The molecule has 0 saturated heterocycles. The van der Waals surface area contributed by atoms with Crippen LogP contribution in [0, 0.1) is 11.3 Å². The number of aromatic nitrogens is 1. The van der Waals surface area contributed by atoms with Crippen LogP contribution in [0.1, 0.15) is 5.56 Å². The largest absolute Gasteiger partial charge is 0.354 e. The molecule has 0 aliphatic heterocycles. The molecule has 2 aromatic carbocycles. The molecule has 0 atom stereocenters. The van der Waals surface area contributed by atoms with Crippen molar-refractivity contribution in [3.63, 3.8) is 0 Å². The fourth-order valence-electron chi connectivity index (χ4n) is 2.04. The first-order chi connectivity index (χ1) is 9.78. The number of anilines is 2. The Morgan fingerprint density at radius 2 is 1.95 bits per heavy atom. The number of hydrogen-bond acceptors (Lipinski definition) is 3. The summed E-state index contributed by atoms with van der Waals surface area (Å²) in [6.45, 7) is 0. The summed E-state index contributed by atoms with van der Waals surface area (Å²) in [6.07, 6.45) is 1.76. The third-order valence-electron chi connectivity index (χ3n) is 3.00. The average Bonchev–Trinajstić information content (AvgIpc) is 2.48. The molecule has 3 aromatic rings. The van der Waals surface area contributed by atoms with E-state index in [2.05, 4.69) is 10.3 Å². The number of pyridine rings is 1. The van der Waals surface area contributed by atoms with E-state index in [-0.39, 0.29) is 0 Å². The van der Waals surface area contributed by atoms with Crippen LogP contribution in [0.15, 0.2) is 54.7 Å². The Hall–Kier alpha value is -2.57. The van der Waals surface area contributed by atoms with Crippen molar-refractivity contribution < 1.29 is 0 Å². The van der Waals surface area contributed by atoms with Crippen molar-refractivity contribution in [2.45, 2.75) is 0 Å². The Morgan fingerprint density at radius 1 is 1.10 bits per heavy atom. The normalized spacial score (nSPS) is 10.2. The van der Waals surface area contributed by atoms with Crippen LogP contribution in [0.3, 0.4) is 0 Å². The molecule has 1 heterocycles. The molecule has 0 unspecified atom stereocenters. The van der Waals surface area contributed by atoms with Crippen molar-refractivity contribution in [3.8, 4) is 6.07 Å². The molecule has 0 saturated carbocycles. The second-order valence-electron chi connectivity index (χ2n) is 4.31. The summed E-state index contributed by atoms with van der Waals surface area (Å²) in [7, 11) is 0. The first-order valence-electron chi connectivity index (χ1n) is 6.08. The lowest BCUT2D eigenvalue weighted by Gasteiger charge is -2.09. The summed E-state index contributed by atoms with van der Waals surface area (Å²) in [5, 5.41) is 13.7. The van der Waals surface area contributed by atoms with Gasteiger partial charge in [-0.25, -0.2) is 0 Å². The van der Waals surface area contributed by atoms with Gasteiger partial charge in [-0.05, 0) is 30.3 Å². The van der Waals surface area contributed by atoms with Crippen LogP contribution in [-0.2, 0) is 0 Å². The molecule has 1 N–H and O–H groups in total. The molecule has 0 aliphatic carbocycles. The molecule has 0 aliphatic rings. The van der Waals surface area contributed by atoms with Crippen molar-refractivity contribution in [1.82, 2.24) is 4.98 Å². The predicted octanol–water partition coefficient (Wildman–Crippen LogP) is 4.50. The lowest BCUT2D eigenvalue weighted by molar-refractivity contribution is 1.40. The summed E-state index contributed by atoms with van der Waals surface area (Å²) in [5.41, 5.74) is 3.10. The Bertz CT molecular complexity index is 816. The van der Waals surface area contributed by atoms with Crippen molar-refractivity contribution in [1.29, 1.82) is 5.26 Å². The monoisotopic (exact) mass is 279 g/mol. The predicted molar refractivity (Wildman–Crippen MR) is 81.2 cm³/mol. The molecule has 0 spiro atoms. The van der Waals surface area contributed by atoms with Gasteiger partial charge in [-0.3, -0.25) is 4.98 Å². The van der Waals surface area contributed by atoms with Gasteiger partial charge in [-0.2, -0.15) is 5.26 Å². The molecular weight excluding hydrogens is 270 g/mol. The molecule has 0 radical (unpaired) electrons. The zero-order chi connectivity index (χ0) is 13.9. The van der Waals surface area contributed by atoms with E-state index in [1.54, 1.807) is 18.3 Å². The Balaban J connectivity index is 2.02. The van der Waals surface area contributed by atoms with Crippen LogP contribution in [0.25, 0.3) is 10.9 Å². The number of nitrogens with one attached hydrogen (secondary N) is 1. The highest BCUT2D eigenvalue weighted by Crippen LogP contribution is 2.27.